The van der Waals surface area contributed by atoms with Gasteiger partial charge in [0.2, 0.25) is 0 Å². The van der Waals surface area contributed by atoms with Gasteiger partial charge in [0.1, 0.15) is 0 Å². The van der Waals surface area contributed by atoms with Gasteiger partial charge in [-0.15, -0.1) is 0 Å². The van der Waals surface area contributed by atoms with Gasteiger partial charge >= 0.3 is 0 Å². The van der Waals surface area contributed by atoms with Gasteiger partial charge in [-0.25, -0.2) is 0 Å². The van der Waals surface area contributed by atoms with Crippen LogP contribution in [0.1, 0.15) is 30.4 Å². The van der Waals surface area contributed by atoms with E-state index >= 15 is 0 Å². The number of hydrogen-bond acceptors (Lipinski definition) is 3. The third kappa shape index (κ3) is 4.53. The van der Waals surface area contributed by atoms with Gasteiger partial charge in [0.25, 0.3) is 0 Å². The molecule has 2 aromatic rings. The monoisotopic (exact) mass is 295 g/mol. The van der Waals surface area contributed by atoms with Crippen LogP contribution in [0.2, 0.25) is 0 Å². The zero-order chi connectivity index (χ0) is 15.6. The maximum absolute atomic E-state index is 5.44. The van der Waals surface area contributed by atoms with Crippen LogP contribution in [-0.4, -0.2) is 19.2 Å². The van der Waals surface area contributed by atoms with Crippen molar-refractivity contribution in [1.82, 2.24) is 4.98 Å². The topological polar surface area (TPSA) is 31.4 Å². The van der Waals surface area contributed by atoms with Crippen molar-refractivity contribution in [2.45, 2.75) is 25.7 Å². The molecule has 0 amide bonds. The summed E-state index contributed by atoms with van der Waals surface area (Å²) in [5, 5.41) is 0. The first kappa shape index (κ1) is 15.9. The number of hydrogen-bond donors (Lipinski definition) is 0. The summed E-state index contributed by atoms with van der Waals surface area (Å²) in [7, 11) is 3.34. The van der Waals surface area contributed by atoms with E-state index in [9.17, 15) is 0 Å². The third-order valence-electron chi connectivity index (χ3n) is 3.38. The highest BCUT2D eigenvalue weighted by Gasteiger charge is 2.08. The number of rotatable bonds is 6. The van der Waals surface area contributed by atoms with Crippen LogP contribution in [0, 0.1) is 11.8 Å². The lowest BCUT2D eigenvalue weighted by atomic mass is 10.1. The minimum absolute atomic E-state index is 0.788. The van der Waals surface area contributed by atoms with Crippen LogP contribution in [0.5, 0.6) is 11.5 Å². The Kier molecular flexibility index (Phi) is 6.32. The summed E-state index contributed by atoms with van der Waals surface area (Å²) in [4.78, 5) is 4.05. The summed E-state index contributed by atoms with van der Waals surface area (Å²) in [5.41, 5.74) is 2.15. The highest BCUT2D eigenvalue weighted by Crippen LogP contribution is 2.31. The summed E-state index contributed by atoms with van der Waals surface area (Å²) in [6.45, 7) is 0. The first-order valence-electron chi connectivity index (χ1n) is 7.44. The van der Waals surface area contributed by atoms with Gasteiger partial charge in [-0.05, 0) is 43.0 Å². The average molecular weight is 295 g/mol. The smallest absolute Gasteiger partial charge is 0.163 e. The highest BCUT2D eigenvalue weighted by atomic mass is 16.5. The number of ether oxygens (including phenoxy) is 2. The van der Waals surface area contributed by atoms with Gasteiger partial charge in [-0.3, -0.25) is 4.98 Å². The van der Waals surface area contributed by atoms with E-state index in [4.69, 9.17) is 9.47 Å². The van der Waals surface area contributed by atoms with Crippen LogP contribution in [0.3, 0.4) is 0 Å². The molecule has 0 aliphatic carbocycles. The SMILES string of the molecule is COc1cccc(CCCCC#Cc2cccnc2)c1OC. The maximum atomic E-state index is 5.44. The molecule has 22 heavy (non-hydrogen) atoms. The van der Waals surface area contributed by atoms with Crippen molar-refractivity contribution < 1.29 is 9.47 Å². The molecule has 0 N–H and O–H groups in total. The predicted octanol–water partition coefficient (Wildman–Crippen LogP) is 3.86. The molecule has 0 aliphatic rings. The van der Waals surface area contributed by atoms with Crippen molar-refractivity contribution in [2.75, 3.05) is 14.2 Å². The number of methoxy groups -OCH3 is 2. The molecule has 2 rings (SSSR count). The molecule has 3 heteroatoms. The molecule has 3 nitrogen and oxygen atoms in total. The van der Waals surface area contributed by atoms with E-state index in [1.807, 2.05) is 24.3 Å². The number of benzene rings is 1. The molecule has 1 aromatic heterocycles. The molecule has 1 heterocycles. The number of aromatic nitrogens is 1. The zero-order valence-electron chi connectivity index (χ0n) is 13.1. The lowest BCUT2D eigenvalue weighted by Crippen LogP contribution is -1.96. The van der Waals surface area contributed by atoms with Crippen molar-refractivity contribution in [2.24, 2.45) is 0 Å². The molecular weight excluding hydrogens is 274 g/mol. The molecule has 1 aromatic carbocycles. The average Bonchev–Trinajstić information content (AvgIpc) is 2.58. The summed E-state index contributed by atoms with van der Waals surface area (Å²) >= 11 is 0. The van der Waals surface area contributed by atoms with Crippen molar-refractivity contribution in [1.29, 1.82) is 0 Å². The van der Waals surface area contributed by atoms with E-state index in [0.29, 0.717) is 0 Å². The van der Waals surface area contributed by atoms with Gasteiger partial charge in [0, 0.05) is 24.4 Å². The molecule has 0 unspecified atom stereocenters. The maximum Gasteiger partial charge on any atom is 0.163 e. The molecule has 0 atom stereocenters. The van der Waals surface area contributed by atoms with E-state index in [2.05, 4.69) is 22.9 Å². The first-order valence-corrected chi connectivity index (χ1v) is 7.44. The lowest BCUT2D eigenvalue weighted by Gasteiger charge is -2.12. The minimum atomic E-state index is 0.788. The van der Waals surface area contributed by atoms with E-state index in [1.54, 1.807) is 26.6 Å². The fourth-order valence-corrected chi connectivity index (χ4v) is 2.28. The zero-order valence-corrected chi connectivity index (χ0v) is 13.1. The van der Waals surface area contributed by atoms with Crippen LogP contribution in [0.15, 0.2) is 42.7 Å². The Bertz CT molecular complexity index is 641. The summed E-state index contributed by atoms with van der Waals surface area (Å²) < 4.78 is 10.8. The Morgan fingerprint density at radius 2 is 1.95 bits per heavy atom. The molecule has 0 fully saturated rings. The Labute approximate surface area is 132 Å². The number of pyridine rings is 1. The van der Waals surface area contributed by atoms with Crippen molar-refractivity contribution in [3.63, 3.8) is 0 Å². The number of para-hydroxylation sites is 1. The standard InChI is InChI=1S/C19H21NO2/c1-21-18-13-7-12-17(19(18)22-2)11-6-4-3-5-9-16-10-8-14-20-15-16/h7-8,10,12-15H,3-4,6,11H2,1-2H3. The van der Waals surface area contributed by atoms with Gasteiger partial charge in [-0.1, -0.05) is 24.0 Å². The molecule has 0 spiro atoms. The van der Waals surface area contributed by atoms with Crippen LogP contribution < -0.4 is 9.47 Å². The Balaban J connectivity index is 1.81. The van der Waals surface area contributed by atoms with Crippen molar-refractivity contribution in [3.05, 3.63) is 53.9 Å². The second-order valence-corrected chi connectivity index (χ2v) is 4.90. The Hall–Kier alpha value is -2.47. The van der Waals surface area contributed by atoms with E-state index < -0.39 is 0 Å². The second-order valence-electron chi connectivity index (χ2n) is 4.90. The van der Waals surface area contributed by atoms with Gasteiger partial charge in [-0.2, -0.15) is 0 Å². The fourth-order valence-electron chi connectivity index (χ4n) is 2.28. The molecule has 114 valence electrons. The minimum Gasteiger partial charge on any atom is -0.493 e. The second kappa shape index (κ2) is 8.74. The largest absolute Gasteiger partial charge is 0.493 e. The normalized spacial score (nSPS) is 9.73. The fraction of sp³-hybridized carbons (Fsp3) is 0.316. The Morgan fingerprint density at radius 3 is 2.68 bits per heavy atom. The van der Waals surface area contributed by atoms with Crippen LogP contribution >= 0.6 is 0 Å². The first-order chi connectivity index (χ1) is 10.8. The molecule has 0 saturated carbocycles. The van der Waals surface area contributed by atoms with E-state index in [0.717, 1.165) is 42.7 Å². The molecule has 0 radical (unpaired) electrons. The quantitative estimate of drug-likeness (QED) is 0.599. The lowest BCUT2D eigenvalue weighted by molar-refractivity contribution is 0.351. The molecule has 0 aliphatic heterocycles. The molecular formula is C19H21NO2. The van der Waals surface area contributed by atoms with Gasteiger partial charge in [0.15, 0.2) is 11.5 Å². The van der Waals surface area contributed by atoms with E-state index in [-0.39, 0.29) is 0 Å². The summed E-state index contributed by atoms with van der Waals surface area (Å²) in [5.74, 6) is 7.95. The van der Waals surface area contributed by atoms with Crippen molar-refractivity contribution >= 4 is 0 Å². The third-order valence-corrected chi connectivity index (χ3v) is 3.38. The number of aryl methyl sites for hydroxylation is 1. The van der Waals surface area contributed by atoms with Gasteiger partial charge < -0.3 is 9.47 Å². The van der Waals surface area contributed by atoms with E-state index in [1.165, 1.54) is 5.56 Å². The highest BCUT2D eigenvalue weighted by molar-refractivity contribution is 5.46. The molecule has 0 bridgehead atoms. The number of nitrogens with zero attached hydrogens (tertiary/aromatic N) is 1. The summed E-state index contributed by atoms with van der Waals surface area (Å²) in [6.07, 6.45) is 7.54. The van der Waals surface area contributed by atoms with Crippen LogP contribution in [0.25, 0.3) is 0 Å². The van der Waals surface area contributed by atoms with Crippen molar-refractivity contribution in [3.8, 4) is 23.3 Å². The van der Waals surface area contributed by atoms with Gasteiger partial charge in [0.05, 0.1) is 14.2 Å². The Morgan fingerprint density at radius 1 is 1.05 bits per heavy atom. The molecule has 0 saturated heterocycles. The number of unbranched alkanes of at least 4 members (excludes halogenated alkanes) is 2. The summed E-state index contributed by atoms with van der Waals surface area (Å²) in [6, 6.07) is 9.88. The van der Waals surface area contributed by atoms with Crippen LogP contribution in [0.4, 0.5) is 0 Å². The predicted molar refractivity (Wildman–Crippen MR) is 88.2 cm³/mol. The van der Waals surface area contributed by atoms with Crippen LogP contribution in [-0.2, 0) is 6.42 Å².